The van der Waals surface area contributed by atoms with Gasteiger partial charge in [-0.15, -0.1) is 12.4 Å². The molecule has 2 fully saturated rings. The summed E-state index contributed by atoms with van der Waals surface area (Å²) >= 11 is 0. The second-order valence-electron chi connectivity index (χ2n) is 14.6. The maximum atomic E-state index is 14.0. The van der Waals surface area contributed by atoms with E-state index in [1.165, 1.54) is 52.7 Å². The van der Waals surface area contributed by atoms with Crippen LogP contribution >= 0.6 is 12.4 Å². The quantitative estimate of drug-likeness (QED) is 0.116. The molecule has 0 bridgehead atoms. The van der Waals surface area contributed by atoms with Crippen LogP contribution in [0.25, 0.3) is 0 Å². The van der Waals surface area contributed by atoms with Crippen molar-refractivity contribution < 1.29 is 59.6 Å². The van der Waals surface area contributed by atoms with E-state index in [1.54, 1.807) is 21.9 Å². The van der Waals surface area contributed by atoms with Gasteiger partial charge in [0.15, 0.2) is 23.0 Å². The maximum absolute atomic E-state index is 14.0. The third-order valence-corrected chi connectivity index (χ3v) is 11.0. The number of hydrogen-bond acceptors (Lipinski definition) is 9. The number of hydrogen-bond donors (Lipinski definition) is 0. The first kappa shape index (κ1) is 47.5. The monoisotopic (exact) mass is 894 g/mol. The van der Waals surface area contributed by atoms with Gasteiger partial charge in [-0.3, -0.25) is 9.59 Å². The Kier molecular flexibility index (Phi) is 15.7. The van der Waals surface area contributed by atoms with Gasteiger partial charge in [-0.1, -0.05) is 24.3 Å². The number of rotatable bonds is 14. The number of ether oxygens (including phenoxy) is 5. The third kappa shape index (κ3) is 11.5. The fourth-order valence-corrected chi connectivity index (χ4v) is 7.51. The van der Waals surface area contributed by atoms with E-state index < -0.39 is 35.7 Å². The molecule has 336 valence electrons. The standard InChI is InChI=1S/C44H48F6N4O7.ClH/c1-57-35-15-13-33(25-39(35)59-3)51-17-21-53(22-18-51)41(55)27-37(29-5-9-31(10-6-29)43(45,46)47)61-38(30-7-11-32(12-8-30)44(48,49)50)28-42(56)54-23-19-52(20-24-54)34-14-16-36(58-2)40(26-34)60-4;/h5-16,25-26,37-38H,17-24,27-28H2,1-4H3;1H. The fraction of sp³-hybridized carbons (Fsp3) is 0.409. The molecule has 0 saturated carbocycles. The molecule has 62 heavy (non-hydrogen) atoms. The summed E-state index contributed by atoms with van der Waals surface area (Å²) in [6.45, 7) is 3.16. The lowest BCUT2D eigenvalue weighted by Crippen LogP contribution is -2.49. The molecular weight excluding hydrogens is 846 g/mol. The number of piperazine rings is 2. The number of carbonyl (C=O) groups is 2. The van der Waals surface area contributed by atoms with Crippen LogP contribution in [0.15, 0.2) is 84.9 Å². The lowest BCUT2D eigenvalue weighted by atomic mass is 10.00. The molecule has 0 spiro atoms. The highest BCUT2D eigenvalue weighted by Gasteiger charge is 2.34. The molecule has 0 aliphatic carbocycles. The topological polar surface area (TPSA) is 93.3 Å². The predicted octanol–water partition coefficient (Wildman–Crippen LogP) is 8.46. The van der Waals surface area contributed by atoms with Gasteiger partial charge in [0.1, 0.15) is 0 Å². The molecule has 2 heterocycles. The van der Waals surface area contributed by atoms with Gasteiger partial charge in [0.2, 0.25) is 11.8 Å². The van der Waals surface area contributed by atoms with E-state index in [1.807, 2.05) is 24.3 Å². The van der Waals surface area contributed by atoms with Crippen molar-refractivity contribution in [2.75, 3.05) is 90.6 Å². The van der Waals surface area contributed by atoms with Crippen molar-refractivity contribution in [3.63, 3.8) is 0 Å². The molecule has 2 unspecified atom stereocenters. The Morgan fingerprint density at radius 2 is 0.823 bits per heavy atom. The first-order chi connectivity index (χ1) is 29.1. The van der Waals surface area contributed by atoms with Crippen LogP contribution < -0.4 is 28.7 Å². The van der Waals surface area contributed by atoms with Gasteiger partial charge in [-0.05, 0) is 59.7 Å². The van der Waals surface area contributed by atoms with E-state index in [0.29, 0.717) is 75.4 Å². The van der Waals surface area contributed by atoms with E-state index in [9.17, 15) is 35.9 Å². The Balaban J connectivity index is 0.00000726. The van der Waals surface area contributed by atoms with Crippen LogP contribution in [0.2, 0.25) is 0 Å². The number of carbonyl (C=O) groups excluding carboxylic acids is 2. The Labute approximate surface area is 362 Å². The Morgan fingerprint density at radius 3 is 1.11 bits per heavy atom. The van der Waals surface area contributed by atoms with E-state index in [-0.39, 0.29) is 48.2 Å². The van der Waals surface area contributed by atoms with Gasteiger partial charge in [0.25, 0.3) is 0 Å². The molecule has 2 aliphatic rings. The number of methoxy groups -OCH3 is 4. The highest BCUT2D eigenvalue weighted by atomic mass is 35.5. The van der Waals surface area contributed by atoms with Crippen LogP contribution in [0.3, 0.4) is 0 Å². The third-order valence-electron chi connectivity index (χ3n) is 11.0. The number of halogens is 7. The van der Waals surface area contributed by atoms with Gasteiger partial charge in [-0.2, -0.15) is 26.3 Å². The Bertz CT molecular complexity index is 1960. The zero-order chi connectivity index (χ0) is 43.9. The summed E-state index contributed by atoms with van der Waals surface area (Å²) in [5.41, 5.74) is 0.379. The molecule has 4 aromatic carbocycles. The first-order valence-corrected chi connectivity index (χ1v) is 19.6. The van der Waals surface area contributed by atoms with E-state index in [4.69, 9.17) is 23.7 Å². The maximum Gasteiger partial charge on any atom is 0.416 e. The highest BCUT2D eigenvalue weighted by molar-refractivity contribution is 5.85. The van der Waals surface area contributed by atoms with Crippen LogP contribution in [-0.2, 0) is 26.7 Å². The van der Waals surface area contributed by atoms with Crippen molar-refractivity contribution in [3.05, 3.63) is 107 Å². The van der Waals surface area contributed by atoms with Gasteiger partial charge >= 0.3 is 12.4 Å². The molecule has 0 N–H and O–H groups in total. The average Bonchev–Trinajstić information content (AvgIpc) is 3.27. The van der Waals surface area contributed by atoms with Gasteiger partial charge in [-0.25, -0.2) is 0 Å². The lowest BCUT2D eigenvalue weighted by molar-refractivity contribution is -0.141. The number of alkyl halides is 6. The van der Waals surface area contributed by atoms with Crippen molar-refractivity contribution in [2.45, 2.75) is 37.4 Å². The zero-order valence-electron chi connectivity index (χ0n) is 34.6. The molecule has 2 atom stereocenters. The molecule has 11 nitrogen and oxygen atoms in total. The minimum atomic E-state index is -4.63. The summed E-state index contributed by atoms with van der Waals surface area (Å²) in [5.74, 6) is 1.54. The summed E-state index contributed by atoms with van der Waals surface area (Å²) in [5, 5.41) is 0. The summed E-state index contributed by atoms with van der Waals surface area (Å²) in [7, 11) is 6.15. The number of amides is 2. The summed E-state index contributed by atoms with van der Waals surface area (Å²) in [4.78, 5) is 35.4. The number of anilines is 2. The van der Waals surface area contributed by atoms with Crippen molar-refractivity contribution in [1.29, 1.82) is 0 Å². The van der Waals surface area contributed by atoms with Crippen molar-refractivity contribution in [1.82, 2.24) is 9.80 Å². The second kappa shape index (κ2) is 20.5. The van der Waals surface area contributed by atoms with E-state index >= 15 is 0 Å². The van der Waals surface area contributed by atoms with Crippen LogP contribution in [0.4, 0.5) is 37.7 Å². The number of benzene rings is 4. The molecule has 6 rings (SSSR count). The zero-order valence-corrected chi connectivity index (χ0v) is 35.4. The molecule has 2 saturated heterocycles. The minimum Gasteiger partial charge on any atom is -0.493 e. The SMILES string of the molecule is COc1ccc(N2CCN(C(=O)CC(OC(CC(=O)N3CCN(c4ccc(OC)c(OC)c4)CC3)c3ccc(C(F)(F)F)cc3)c3ccc(C(F)(F)F)cc3)CC2)cc1OC.Cl. The van der Waals surface area contributed by atoms with Crippen LogP contribution in [0, 0.1) is 0 Å². The summed E-state index contributed by atoms with van der Waals surface area (Å²) in [6.07, 6.45) is -12.2. The smallest absolute Gasteiger partial charge is 0.416 e. The summed E-state index contributed by atoms with van der Waals surface area (Å²) < 4.78 is 110. The van der Waals surface area contributed by atoms with Crippen molar-refractivity contribution >= 4 is 35.6 Å². The normalized spacial score (nSPS) is 15.6. The molecule has 0 aromatic heterocycles. The fourth-order valence-electron chi connectivity index (χ4n) is 7.51. The summed E-state index contributed by atoms with van der Waals surface area (Å²) in [6, 6.07) is 19.4. The van der Waals surface area contributed by atoms with Crippen LogP contribution in [0.1, 0.15) is 47.3 Å². The molecule has 2 amide bonds. The second-order valence-corrected chi connectivity index (χ2v) is 14.6. The van der Waals surface area contributed by atoms with Gasteiger partial charge in [0, 0.05) is 75.9 Å². The molecular formula is C44H49ClF6N4O7. The molecule has 2 aliphatic heterocycles. The molecule has 0 radical (unpaired) electrons. The average molecular weight is 895 g/mol. The van der Waals surface area contributed by atoms with E-state index in [0.717, 1.165) is 35.6 Å². The lowest BCUT2D eigenvalue weighted by Gasteiger charge is -2.38. The van der Waals surface area contributed by atoms with Crippen LogP contribution in [-0.4, -0.2) is 102 Å². The van der Waals surface area contributed by atoms with Crippen molar-refractivity contribution in [3.8, 4) is 23.0 Å². The Hall–Kier alpha value is -5.55. The van der Waals surface area contributed by atoms with Crippen molar-refractivity contribution in [2.24, 2.45) is 0 Å². The molecule has 4 aromatic rings. The van der Waals surface area contributed by atoms with Gasteiger partial charge in [0.05, 0.1) is 64.6 Å². The highest BCUT2D eigenvalue weighted by Crippen LogP contribution is 2.38. The van der Waals surface area contributed by atoms with Gasteiger partial charge < -0.3 is 43.3 Å². The van der Waals surface area contributed by atoms with E-state index in [2.05, 4.69) is 9.80 Å². The first-order valence-electron chi connectivity index (χ1n) is 19.6. The van der Waals surface area contributed by atoms with Crippen LogP contribution in [0.5, 0.6) is 23.0 Å². The molecule has 18 heteroatoms. The largest absolute Gasteiger partial charge is 0.493 e. The predicted molar refractivity (Wildman–Crippen MR) is 223 cm³/mol. The Morgan fingerprint density at radius 1 is 0.500 bits per heavy atom. The minimum absolute atomic E-state index is 0. The number of nitrogens with zero attached hydrogens (tertiary/aromatic N) is 4.